The summed E-state index contributed by atoms with van der Waals surface area (Å²) in [6, 6.07) is 26.8. The highest BCUT2D eigenvalue weighted by Crippen LogP contribution is 2.33. The zero-order valence-corrected chi connectivity index (χ0v) is 20.5. The van der Waals surface area contributed by atoms with Gasteiger partial charge >= 0.3 is 0 Å². The number of sulfonamides is 1. The molecule has 0 aliphatic carbocycles. The maximum absolute atomic E-state index is 13.2. The van der Waals surface area contributed by atoms with Crippen molar-refractivity contribution in [3.8, 4) is 17.0 Å². The first kappa shape index (κ1) is 23.3. The van der Waals surface area contributed by atoms with Gasteiger partial charge in [-0.2, -0.15) is 0 Å². The number of nitrogens with one attached hydrogen (secondary N) is 2. The van der Waals surface area contributed by atoms with Gasteiger partial charge in [0, 0.05) is 27.7 Å². The van der Waals surface area contributed by atoms with Gasteiger partial charge in [-0.25, -0.2) is 8.42 Å². The van der Waals surface area contributed by atoms with Gasteiger partial charge in [-0.05, 0) is 61.4 Å². The summed E-state index contributed by atoms with van der Waals surface area (Å²) in [7, 11) is -3.89. The molecule has 0 amide bonds. The summed E-state index contributed by atoms with van der Waals surface area (Å²) >= 11 is 0. The Kier molecular flexibility index (Phi) is 6.03. The van der Waals surface area contributed by atoms with Gasteiger partial charge in [-0.15, -0.1) is 10.2 Å². The minimum atomic E-state index is -3.89. The second-order valence-corrected chi connectivity index (χ2v) is 10.2. The van der Waals surface area contributed by atoms with Crippen LogP contribution in [0.1, 0.15) is 11.1 Å². The van der Waals surface area contributed by atoms with Crippen LogP contribution in [0.4, 0.5) is 17.2 Å². The van der Waals surface area contributed by atoms with Crippen LogP contribution in [0.5, 0.6) is 5.75 Å². The maximum Gasteiger partial charge on any atom is 0.262 e. The van der Waals surface area contributed by atoms with Gasteiger partial charge in [-0.1, -0.05) is 54.6 Å². The smallest absolute Gasteiger partial charge is 0.262 e. The first-order valence-corrected chi connectivity index (χ1v) is 12.8. The van der Waals surface area contributed by atoms with E-state index in [1.54, 1.807) is 19.1 Å². The number of fused-ring (bicyclic) bond motifs is 1. The van der Waals surface area contributed by atoms with Crippen LogP contribution in [0.25, 0.3) is 22.0 Å². The standard InChI is InChI=1S/C28H24N4O3S/c1-18-7-3-6-10-25(18)29-28-24-9-5-4-8-23(24)27(30-31-28)20-12-11-19(2)26(17-20)36(34,35)32-21-13-15-22(33)16-14-21/h3-17,32-33H,1-2H3,(H,29,31). The Morgan fingerprint density at radius 3 is 2.19 bits per heavy atom. The summed E-state index contributed by atoms with van der Waals surface area (Å²) < 4.78 is 29.0. The van der Waals surface area contributed by atoms with Crippen molar-refractivity contribution in [1.29, 1.82) is 0 Å². The van der Waals surface area contributed by atoms with Crippen molar-refractivity contribution in [2.75, 3.05) is 10.0 Å². The minimum absolute atomic E-state index is 0.0574. The molecule has 0 aliphatic heterocycles. The van der Waals surface area contributed by atoms with Crippen LogP contribution in [0, 0.1) is 13.8 Å². The minimum Gasteiger partial charge on any atom is -0.508 e. The predicted molar refractivity (Wildman–Crippen MR) is 143 cm³/mol. The molecule has 4 aromatic carbocycles. The zero-order valence-electron chi connectivity index (χ0n) is 19.7. The molecule has 1 aromatic heterocycles. The molecule has 0 spiro atoms. The van der Waals surface area contributed by atoms with E-state index in [0.29, 0.717) is 28.3 Å². The molecular weight excluding hydrogens is 472 g/mol. The van der Waals surface area contributed by atoms with Gasteiger partial charge in [0.15, 0.2) is 5.82 Å². The summed E-state index contributed by atoms with van der Waals surface area (Å²) in [5, 5.41) is 23.5. The second kappa shape index (κ2) is 9.31. The Morgan fingerprint density at radius 1 is 0.750 bits per heavy atom. The molecule has 5 aromatic rings. The lowest BCUT2D eigenvalue weighted by Crippen LogP contribution is -2.14. The molecule has 0 atom stereocenters. The highest BCUT2D eigenvalue weighted by atomic mass is 32.2. The number of hydrogen-bond acceptors (Lipinski definition) is 6. The van der Waals surface area contributed by atoms with E-state index in [0.717, 1.165) is 22.0 Å². The molecule has 3 N–H and O–H groups in total. The summed E-state index contributed by atoms with van der Waals surface area (Å²) in [4.78, 5) is 0.140. The molecule has 0 saturated carbocycles. The van der Waals surface area contributed by atoms with Crippen molar-refractivity contribution in [1.82, 2.24) is 10.2 Å². The van der Waals surface area contributed by atoms with E-state index < -0.39 is 10.0 Å². The summed E-state index contributed by atoms with van der Waals surface area (Å²) in [6.07, 6.45) is 0. The van der Waals surface area contributed by atoms with Crippen molar-refractivity contribution in [3.05, 3.63) is 102 Å². The quantitative estimate of drug-likeness (QED) is 0.243. The van der Waals surface area contributed by atoms with Crippen molar-refractivity contribution in [2.45, 2.75) is 18.7 Å². The summed E-state index contributed by atoms with van der Waals surface area (Å²) in [5.41, 5.74) is 4.20. The molecule has 180 valence electrons. The van der Waals surface area contributed by atoms with Crippen LogP contribution in [-0.4, -0.2) is 23.7 Å². The van der Waals surface area contributed by atoms with E-state index in [1.165, 1.54) is 24.3 Å². The molecule has 8 heteroatoms. The van der Waals surface area contributed by atoms with Crippen molar-refractivity contribution < 1.29 is 13.5 Å². The monoisotopic (exact) mass is 496 g/mol. The van der Waals surface area contributed by atoms with Crippen LogP contribution in [-0.2, 0) is 10.0 Å². The highest BCUT2D eigenvalue weighted by Gasteiger charge is 2.20. The number of phenolic OH excluding ortho intramolecular Hbond substituents is 1. The summed E-state index contributed by atoms with van der Waals surface area (Å²) in [6.45, 7) is 3.76. The van der Waals surface area contributed by atoms with Gasteiger partial charge in [0.05, 0.1) is 4.90 Å². The second-order valence-electron chi connectivity index (χ2n) is 8.52. The van der Waals surface area contributed by atoms with Gasteiger partial charge < -0.3 is 10.4 Å². The zero-order chi connectivity index (χ0) is 25.3. The van der Waals surface area contributed by atoms with E-state index >= 15 is 0 Å². The Bertz CT molecular complexity index is 1680. The lowest BCUT2D eigenvalue weighted by molar-refractivity contribution is 0.475. The number of phenols is 1. The third-order valence-corrected chi connectivity index (χ3v) is 7.48. The molecular formula is C28H24N4O3S. The molecule has 36 heavy (non-hydrogen) atoms. The average Bonchev–Trinajstić information content (AvgIpc) is 2.87. The number of nitrogens with zero attached hydrogens (tertiary/aromatic N) is 2. The van der Waals surface area contributed by atoms with Crippen molar-refractivity contribution >= 4 is 38.0 Å². The van der Waals surface area contributed by atoms with Crippen LogP contribution < -0.4 is 10.0 Å². The predicted octanol–water partition coefficient (Wildman–Crippen LogP) is 6.16. The molecule has 0 unspecified atom stereocenters. The fourth-order valence-corrected chi connectivity index (χ4v) is 5.36. The van der Waals surface area contributed by atoms with Gasteiger partial charge in [-0.3, -0.25) is 4.72 Å². The highest BCUT2D eigenvalue weighted by molar-refractivity contribution is 7.92. The fraction of sp³-hybridized carbons (Fsp3) is 0.0714. The fourth-order valence-electron chi connectivity index (χ4n) is 4.03. The Balaban J connectivity index is 1.56. The SMILES string of the molecule is Cc1ccccc1Nc1nnc(-c2ccc(C)c(S(=O)(=O)Nc3ccc(O)cc3)c2)c2ccccc12. The van der Waals surface area contributed by atoms with E-state index in [4.69, 9.17) is 0 Å². The van der Waals surface area contributed by atoms with Gasteiger partial charge in [0.25, 0.3) is 10.0 Å². The number of hydrogen-bond donors (Lipinski definition) is 3. The number of anilines is 3. The molecule has 0 radical (unpaired) electrons. The largest absolute Gasteiger partial charge is 0.508 e. The van der Waals surface area contributed by atoms with Gasteiger partial charge in [0.1, 0.15) is 11.4 Å². The van der Waals surface area contributed by atoms with E-state index in [1.807, 2.05) is 61.5 Å². The van der Waals surface area contributed by atoms with Crippen molar-refractivity contribution in [3.63, 3.8) is 0 Å². The number of aromatic hydroxyl groups is 1. The average molecular weight is 497 g/mol. The third-order valence-electron chi connectivity index (χ3n) is 5.96. The first-order chi connectivity index (χ1) is 17.3. The normalized spacial score (nSPS) is 11.4. The molecule has 0 fully saturated rings. The number of aromatic nitrogens is 2. The van der Waals surface area contributed by atoms with Crippen LogP contribution in [0.3, 0.4) is 0 Å². The van der Waals surface area contributed by atoms with Crippen LogP contribution in [0.15, 0.2) is 95.9 Å². The number of rotatable bonds is 6. The number of benzene rings is 4. The Labute approximate surface area is 209 Å². The first-order valence-electron chi connectivity index (χ1n) is 11.3. The lowest BCUT2D eigenvalue weighted by Gasteiger charge is -2.14. The number of para-hydroxylation sites is 1. The van der Waals surface area contributed by atoms with E-state index in [-0.39, 0.29) is 10.6 Å². The van der Waals surface area contributed by atoms with Crippen LogP contribution in [0.2, 0.25) is 0 Å². The van der Waals surface area contributed by atoms with Crippen molar-refractivity contribution in [2.24, 2.45) is 0 Å². The Hall–Kier alpha value is -4.43. The maximum atomic E-state index is 13.2. The van der Waals surface area contributed by atoms with E-state index in [9.17, 15) is 13.5 Å². The van der Waals surface area contributed by atoms with E-state index in [2.05, 4.69) is 20.2 Å². The molecule has 1 heterocycles. The number of aryl methyl sites for hydroxylation is 2. The third kappa shape index (κ3) is 4.58. The van der Waals surface area contributed by atoms with Crippen LogP contribution >= 0.6 is 0 Å². The Morgan fingerprint density at radius 2 is 1.44 bits per heavy atom. The molecule has 0 bridgehead atoms. The molecule has 0 aliphatic rings. The summed E-state index contributed by atoms with van der Waals surface area (Å²) in [5.74, 6) is 0.680. The molecule has 7 nitrogen and oxygen atoms in total. The lowest BCUT2D eigenvalue weighted by atomic mass is 10.0. The topological polar surface area (TPSA) is 104 Å². The molecule has 0 saturated heterocycles. The van der Waals surface area contributed by atoms with Gasteiger partial charge in [0.2, 0.25) is 0 Å². The molecule has 5 rings (SSSR count).